The van der Waals surface area contributed by atoms with E-state index in [1.54, 1.807) is 0 Å². The second kappa shape index (κ2) is 7.13. The molecule has 1 aromatic rings. The first-order valence-corrected chi connectivity index (χ1v) is 8.38. The van der Waals surface area contributed by atoms with Crippen LogP contribution in [0.3, 0.4) is 0 Å². The van der Waals surface area contributed by atoms with E-state index in [2.05, 4.69) is 0 Å². The van der Waals surface area contributed by atoms with Crippen molar-refractivity contribution in [2.75, 3.05) is 19.8 Å². The lowest BCUT2D eigenvalue weighted by atomic mass is 9.84. The maximum Gasteiger partial charge on any atom is 0.328 e. The normalized spacial score (nSPS) is 22.8. The lowest BCUT2D eigenvalue weighted by Gasteiger charge is -2.33. The third-order valence-corrected chi connectivity index (χ3v) is 4.91. The number of carboxylic acid groups (broad SMARTS) is 1. The number of ether oxygens (including phenoxy) is 1. The lowest BCUT2D eigenvalue weighted by molar-refractivity contribution is -0.147. The Balaban J connectivity index is 1.72. The van der Waals surface area contributed by atoms with Gasteiger partial charge in [-0.05, 0) is 36.5 Å². The highest BCUT2D eigenvalue weighted by Gasteiger charge is 2.33. The van der Waals surface area contributed by atoms with Gasteiger partial charge in [0, 0.05) is 12.1 Å². The van der Waals surface area contributed by atoms with Crippen LogP contribution in [0.25, 0.3) is 0 Å². The molecule has 0 bridgehead atoms. The zero-order valence-corrected chi connectivity index (χ0v) is 13.2. The van der Waals surface area contributed by atoms with Crippen molar-refractivity contribution in [3.63, 3.8) is 0 Å². The molecule has 1 saturated carbocycles. The number of carbonyl (C=O) groups excluding carboxylic acids is 1. The van der Waals surface area contributed by atoms with Crippen molar-refractivity contribution in [3.8, 4) is 0 Å². The summed E-state index contributed by atoms with van der Waals surface area (Å²) in [5.74, 6) is -0.643. The monoisotopic (exact) mass is 317 g/mol. The molecule has 1 aliphatic heterocycles. The molecule has 1 amide bonds. The Hall–Kier alpha value is -1.88. The number of carbonyl (C=O) groups is 2. The van der Waals surface area contributed by atoms with E-state index in [1.807, 2.05) is 24.3 Å². The van der Waals surface area contributed by atoms with E-state index in [4.69, 9.17) is 4.74 Å². The number of hydrogen-bond acceptors (Lipinski definition) is 3. The fraction of sp³-hybridized carbons (Fsp3) is 0.556. The van der Waals surface area contributed by atoms with E-state index in [1.165, 1.54) is 42.6 Å². The van der Waals surface area contributed by atoms with Crippen molar-refractivity contribution in [2.24, 2.45) is 0 Å². The molecule has 124 valence electrons. The Bertz CT molecular complexity index is 563. The van der Waals surface area contributed by atoms with Crippen molar-refractivity contribution in [3.05, 3.63) is 35.4 Å². The van der Waals surface area contributed by atoms with Crippen molar-refractivity contribution in [1.82, 2.24) is 4.90 Å². The van der Waals surface area contributed by atoms with Gasteiger partial charge in [0.15, 0.2) is 6.04 Å². The first-order chi connectivity index (χ1) is 11.2. The quantitative estimate of drug-likeness (QED) is 0.930. The minimum Gasteiger partial charge on any atom is -0.480 e. The van der Waals surface area contributed by atoms with Crippen LogP contribution in [0.2, 0.25) is 0 Å². The molecule has 5 heteroatoms. The van der Waals surface area contributed by atoms with Crippen molar-refractivity contribution >= 4 is 11.9 Å². The standard InChI is InChI=1S/C18H23NO4/c20-17(19-10-11-23-12-16(19)18(21)22)15-8-6-14(7-9-15)13-4-2-1-3-5-13/h6-9,13,16H,1-5,10-12H2,(H,21,22). The molecule has 2 aliphatic rings. The van der Waals surface area contributed by atoms with Crippen molar-refractivity contribution < 1.29 is 19.4 Å². The maximum atomic E-state index is 12.6. The average Bonchev–Trinajstić information content (AvgIpc) is 2.62. The van der Waals surface area contributed by atoms with Crippen LogP contribution in [0, 0.1) is 0 Å². The van der Waals surface area contributed by atoms with E-state index in [0.717, 1.165) is 0 Å². The van der Waals surface area contributed by atoms with Gasteiger partial charge < -0.3 is 14.7 Å². The fourth-order valence-electron chi connectivity index (χ4n) is 3.55. The molecule has 1 atom stereocenters. The van der Waals surface area contributed by atoms with E-state index in [9.17, 15) is 14.7 Å². The Morgan fingerprint density at radius 1 is 1.09 bits per heavy atom. The molecule has 0 aromatic heterocycles. The van der Waals surface area contributed by atoms with E-state index >= 15 is 0 Å². The first kappa shape index (κ1) is 16.0. The molecule has 3 rings (SSSR count). The smallest absolute Gasteiger partial charge is 0.328 e. The average molecular weight is 317 g/mol. The number of aliphatic carboxylic acids is 1. The van der Waals surface area contributed by atoms with Gasteiger partial charge in [0.1, 0.15) is 0 Å². The summed E-state index contributed by atoms with van der Waals surface area (Å²) in [6.45, 7) is 0.761. The lowest BCUT2D eigenvalue weighted by Crippen LogP contribution is -2.52. The van der Waals surface area contributed by atoms with Crippen LogP contribution in [0.5, 0.6) is 0 Å². The topological polar surface area (TPSA) is 66.8 Å². The van der Waals surface area contributed by atoms with Crippen LogP contribution >= 0.6 is 0 Å². The van der Waals surface area contributed by atoms with Gasteiger partial charge in [-0.3, -0.25) is 4.79 Å². The molecule has 1 heterocycles. The molecule has 2 fully saturated rings. The summed E-state index contributed by atoms with van der Waals surface area (Å²) < 4.78 is 5.18. The summed E-state index contributed by atoms with van der Waals surface area (Å²) in [6, 6.07) is 6.83. The highest BCUT2D eigenvalue weighted by molar-refractivity contribution is 5.96. The first-order valence-electron chi connectivity index (χ1n) is 8.38. The third kappa shape index (κ3) is 3.55. The van der Waals surface area contributed by atoms with Gasteiger partial charge in [-0.15, -0.1) is 0 Å². The Labute approximate surface area is 136 Å². The molecule has 0 radical (unpaired) electrons. The number of benzene rings is 1. The molecule has 1 saturated heterocycles. The van der Waals surface area contributed by atoms with Crippen LogP contribution in [-0.4, -0.2) is 47.7 Å². The third-order valence-electron chi connectivity index (χ3n) is 4.91. The van der Waals surface area contributed by atoms with E-state index in [0.29, 0.717) is 24.6 Å². The van der Waals surface area contributed by atoms with Gasteiger partial charge in [0.25, 0.3) is 5.91 Å². The van der Waals surface area contributed by atoms with Crippen LogP contribution in [0.4, 0.5) is 0 Å². The molecular weight excluding hydrogens is 294 g/mol. The Kier molecular flexibility index (Phi) is 4.96. The molecule has 1 unspecified atom stereocenters. The zero-order valence-electron chi connectivity index (χ0n) is 13.2. The molecule has 0 spiro atoms. The zero-order chi connectivity index (χ0) is 16.2. The Morgan fingerprint density at radius 2 is 1.78 bits per heavy atom. The molecule has 1 aromatic carbocycles. The minimum absolute atomic E-state index is 0.0568. The Morgan fingerprint density at radius 3 is 2.43 bits per heavy atom. The molecule has 1 aliphatic carbocycles. The summed E-state index contributed by atoms with van der Waals surface area (Å²) >= 11 is 0. The largest absolute Gasteiger partial charge is 0.480 e. The van der Waals surface area contributed by atoms with Gasteiger partial charge in [0.2, 0.25) is 0 Å². The predicted octanol–water partition coefficient (Wildman–Crippen LogP) is 2.66. The second-order valence-corrected chi connectivity index (χ2v) is 6.38. The molecule has 5 nitrogen and oxygen atoms in total. The van der Waals surface area contributed by atoms with E-state index in [-0.39, 0.29) is 12.5 Å². The summed E-state index contributed by atoms with van der Waals surface area (Å²) in [4.78, 5) is 25.3. The fourth-order valence-corrected chi connectivity index (χ4v) is 3.55. The van der Waals surface area contributed by atoms with Crippen LogP contribution in [-0.2, 0) is 9.53 Å². The van der Waals surface area contributed by atoms with Gasteiger partial charge in [-0.1, -0.05) is 31.4 Å². The second-order valence-electron chi connectivity index (χ2n) is 6.38. The number of amides is 1. The summed E-state index contributed by atoms with van der Waals surface area (Å²) in [5.41, 5.74) is 1.84. The van der Waals surface area contributed by atoms with E-state index < -0.39 is 12.0 Å². The van der Waals surface area contributed by atoms with Crippen LogP contribution < -0.4 is 0 Å². The number of nitrogens with zero attached hydrogens (tertiary/aromatic N) is 1. The van der Waals surface area contributed by atoms with Crippen molar-refractivity contribution in [2.45, 2.75) is 44.1 Å². The summed E-state index contributed by atoms with van der Waals surface area (Å²) in [5, 5.41) is 9.24. The molecule has 1 N–H and O–H groups in total. The van der Waals surface area contributed by atoms with Gasteiger partial charge in [-0.25, -0.2) is 4.79 Å². The molecule has 23 heavy (non-hydrogen) atoms. The number of hydrogen-bond donors (Lipinski definition) is 1. The minimum atomic E-state index is -1.02. The number of carboxylic acids is 1. The highest BCUT2D eigenvalue weighted by Crippen LogP contribution is 2.32. The maximum absolute atomic E-state index is 12.6. The molecular formula is C18H23NO4. The number of rotatable bonds is 3. The summed E-state index contributed by atoms with van der Waals surface area (Å²) in [6.07, 6.45) is 6.31. The van der Waals surface area contributed by atoms with Gasteiger partial charge in [0.05, 0.1) is 13.2 Å². The highest BCUT2D eigenvalue weighted by atomic mass is 16.5. The SMILES string of the molecule is O=C(O)C1COCCN1C(=O)c1ccc(C2CCCCC2)cc1. The predicted molar refractivity (Wildman–Crippen MR) is 85.5 cm³/mol. The van der Waals surface area contributed by atoms with Crippen molar-refractivity contribution in [1.29, 1.82) is 0 Å². The van der Waals surface area contributed by atoms with Crippen LogP contribution in [0.1, 0.15) is 53.9 Å². The summed E-state index contributed by atoms with van der Waals surface area (Å²) in [7, 11) is 0. The van der Waals surface area contributed by atoms with Crippen LogP contribution in [0.15, 0.2) is 24.3 Å². The number of morpholine rings is 1. The van der Waals surface area contributed by atoms with Gasteiger partial charge in [-0.2, -0.15) is 0 Å². The van der Waals surface area contributed by atoms with Gasteiger partial charge >= 0.3 is 5.97 Å².